The van der Waals surface area contributed by atoms with Crippen LogP contribution < -0.4 is 11.1 Å². The lowest BCUT2D eigenvalue weighted by Gasteiger charge is -2.08. The average molecular weight is 222 g/mol. The maximum atomic E-state index is 10.7. The predicted octanol–water partition coefficient (Wildman–Crippen LogP) is 0.752. The third-order valence-electron chi connectivity index (χ3n) is 2.33. The summed E-state index contributed by atoms with van der Waals surface area (Å²) in [4.78, 5) is 10.7. The van der Waals surface area contributed by atoms with Crippen LogP contribution in [0.25, 0.3) is 0 Å². The van der Waals surface area contributed by atoms with E-state index >= 15 is 0 Å². The average Bonchev–Trinajstić information content (AvgIpc) is 2.26. The lowest BCUT2D eigenvalue weighted by Crippen LogP contribution is -2.19. The molecule has 0 heterocycles. The van der Waals surface area contributed by atoms with Gasteiger partial charge in [-0.15, -0.1) is 0 Å². The molecule has 0 aliphatic rings. The Kier molecular flexibility index (Phi) is 5.53. The van der Waals surface area contributed by atoms with E-state index in [2.05, 4.69) is 5.32 Å². The minimum atomic E-state index is -0.797. The van der Waals surface area contributed by atoms with Gasteiger partial charge in [0.2, 0.25) is 0 Å². The fourth-order valence-corrected chi connectivity index (χ4v) is 1.52. The third-order valence-corrected chi connectivity index (χ3v) is 2.33. The number of carbonyl (C=O) groups is 1. The molecule has 88 valence electrons. The monoisotopic (exact) mass is 222 g/mol. The Labute approximate surface area is 95.5 Å². The molecule has 0 saturated heterocycles. The van der Waals surface area contributed by atoms with E-state index in [-0.39, 0.29) is 6.42 Å². The minimum absolute atomic E-state index is 0.0781. The number of aliphatic carboxylic acids is 1. The van der Waals surface area contributed by atoms with Crippen molar-refractivity contribution in [3.63, 3.8) is 0 Å². The lowest BCUT2D eigenvalue weighted by atomic mass is 10.0. The van der Waals surface area contributed by atoms with Gasteiger partial charge in [0, 0.05) is 6.54 Å². The van der Waals surface area contributed by atoms with Crippen LogP contribution in [0, 0.1) is 0 Å². The van der Waals surface area contributed by atoms with Crippen LogP contribution in [-0.4, -0.2) is 24.2 Å². The van der Waals surface area contributed by atoms with Crippen molar-refractivity contribution in [1.82, 2.24) is 5.32 Å². The van der Waals surface area contributed by atoms with Gasteiger partial charge in [0.05, 0.1) is 6.42 Å². The molecule has 0 atom stereocenters. The summed E-state index contributed by atoms with van der Waals surface area (Å²) in [5.74, 6) is -0.797. The van der Waals surface area contributed by atoms with Crippen LogP contribution in [0.2, 0.25) is 0 Å². The van der Waals surface area contributed by atoms with Crippen LogP contribution in [0.5, 0.6) is 0 Å². The van der Waals surface area contributed by atoms with Gasteiger partial charge in [0.15, 0.2) is 0 Å². The topological polar surface area (TPSA) is 75.3 Å². The second-order valence-electron chi connectivity index (χ2n) is 3.66. The van der Waals surface area contributed by atoms with Gasteiger partial charge in [-0.2, -0.15) is 0 Å². The van der Waals surface area contributed by atoms with Gasteiger partial charge in [-0.1, -0.05) is 24.3 Å². The summed E-state index contributed by atoms with van der Waals surface area (Å²) in [5.41, 5.74) is 7.30. The van der Waals surface area contributed by atoms with E-state index in [4.69, 9.17) is 10.8 Å². The van der Waals surface area contributed by atoms with Crippen molar-refractivity contribution in [1.29, 1.82) is 0 Å². The summed E-state index contributed by atoms with van der Waals surface area (Å²) in [6.07, 6.45) is 1.01. The summed E-state index contributed by atoms with van der Waals surface area (Å²) in [6, 6.07) is 7.59. The fraction of sp³-hybridized carbons (Fsp3) is 0.417. The van der Waals surface area contributed by atoms with Gasteiger partial charge in [-0.25, -0.2) is 0 Å². The molecule has 0 saturated carbocycles. The number of nitrogens with one attached hydrogen (secondary N) is 1. The van der Waals surface area contributed by atoms with Gasteiger partial charge >= 0.3 is 5.97 Å². The van der Waals surface area contributed by atoms with E-state index in [0.717, 1.165) is 24.1 Å². The molecular weight excluding hydrogens is 204 g/mol. The summed E-state index contributed by atoms with van der Waals surface area (Å²) in [7, 11) is 0. The largest absolute Gasteiger partial charge is 0.481 e. The molecule has 1 aromatic carbocycles. The van der Waals surface area contributed by atoms with Crippen LogP contribution in [-0.2, 0) is 17.8 Å². The highest BCUT2D eigenvalue weighted by Gasteiger charge is 2.05. The number of hydrogen-bond acceptors (Lipinski definition) is 3. The Morgan fingerprint density at radius 2 is 2.00 bits per heavy atom. The van der Waals surface area contributed by atoms with Crippen molar-refractivity contribution in [3.8, 4) is 0 Å². The molecule has 4 nitrogen and oxygen atoms in total. The highest BCUT2D eigenvalue weighted by atomic mass is 16.4. The van der Waals surface area contributed by atoms with Crippen molar-refractivity contribution < 1.29 is 9.90 Å². The molecule has 0 radical (unpaired) electrons. The van der Waals surface area contributed by atoms with Crippen LogP contribution >= 0.6 is 0 Å². The van der Waals surface area contributed by atoms with Crippen LogP contribution in [0.3, 0.4) is 0 Å². The number of carboxylic acid groups (broad SMARTS) is 1. The molecule has 4 N–H and O–H groups in total. The van der Waals surface area contributed by atoms with Gasteiger partial charge in [0.1, 0.15) is 0 Å². The standard InChI is InChI=1S/C12H18N2O2/c13-6-3-7-14-9-11-5-2-1-4-10(11)8-12(15)16/h1-2,4-5,14H,3,6-9,13H2,(H,15,16). The van der Waals surface area contributed by atoms with Crippen molar-refractivity contribution in [3.05, 3.63) is 35.4 Å². The van der Waals surface area contributed by atoms with Gasteiger partial charge < -0.3 is 16.2 Å². The van der Waals surface area contributed by atoms with Crippen LogP contribution in [0.4, 0.5) is 0 Å². The smallest absolute Gasteiger partial charge is 0.307 e. The Bertz CT molecular complexity index is 340. The summed E-state index contributed by atoms with van der Waals surface area (Å²) in [5, 5.41) is 12.0. The van der Waals surface area contributed by atoms with Gasteiger partial charge in [0.25, 0.3) is 0 Å². The van der Waals surface area contributed by atoms with Gasteiger partial charge in [-0.05, 0) is 30.6 Å². The lowest BCUT2D eigenvalue weighted by molar-refractivity contribution is -0.136. The molecule has 1 aromatic rings. The predicted molar refractivity (Wildman–Crippen MR) is 63.2 cm³/mol. The molecule has 0 amide bonds. The Balaban J connectivity index is 2.53. The first kappa shape index (κ1) is 12.7. The van der Waals surface area contributed by atoms with Gasteiger partial charge in [-0.3, -0.25) is 4.79 Å². The zero-order valence-electron chi connectivity index (χ0n) is 9.28. The minimum Gasteiger partial charge on any atom is -0.481 e. The van der Waals surface area contributed by atoms with Crippen LogP contribution in [0.1, 0.15) is 17.5 Å². The van der Waals surface area contributed by atoms with E-state index in [1.54, 1.807) is 0 Å². The number of carboxylic acids is 1. The van der Waals surface area contributed by atoms with Crippen molar-refractivity contribution in [2.45, 2.75) is 19.4 Å². The molecule has 0 spiro atoms. The van der Waals surface area contributed by atoms with Crippen molar-refractivity contribution in [2.24, 2.45) is 5.73 Å². The van der Waals surface area contributed by atoms with E-state index in [1.165, 1.54) is 0 Å². The Hall–Kier alpha value is -1.39. The Morgan fingerprint density at radius 3 is 2.62 bits per heavy atom. The zero-order chi connectivity index (χ0) is 11.8. The molecule has 0 unspecified atom stereocenters. The molecule has 16 heavy (non-hydrogen) atoms. The Morgan fingerprint density at radius 1 is 1.31 bits per heavy atom. The maximum absolute atomic E-state index is 10.7. The third kappa shape index (κ3) is 4.42. The number of rotatable bonds is 7. The first-order valence-electron chi connectivity index (χ1n) is 5.43. The van der Waals surface area contributed by atoms with E-state index in [0.29, 0.717) is 13.1 Å². The van der Waals surface area contributed by atoms with E-state index in [9.17, 15) is 4.79 Å². The summed E-state index contributed by atoms with van der Waals surface area (Å²) >= 11 is 0. The second-order valence-corrected chi connectivity index (χ2v) is 3.66. The number of hydrogen-bond donors (Lipinski definition) is 3. The molecule has 0 bridgehead atoms. The second kappa shape index (κ2) is 6.98. The first-order valence-corrected chi connectivity index (χ1v) is 5.43. The van der Waals surface area contributed by atoms with Crippen LogP contribution in [0.15, 0.2) is 24.3 Å². The van der Waals surface area contributed by atoms with E-state index < -0.39 is 5.97 Å². The SMILES string of the molecule is NCCCNCc1ccccc1CC(=O)O. The quantitative estimate of drug-likeness (QED) is 0.595. The highest BCUT2D eigenvalue weighted by molar-refractivity contribution is 5.70. The molecule has 0 fully saturated rings. The molecular formula is C12H18N2O2. The van der Waals surface area contributed by atoms with E-state index in [1.807, 2.05) is 24.3 Å². The molecule has 4 heteroatoms. The van der Waals surface area contributed by atoms with Crippen molar-refractivity contribution in [2.75, 3.05) is 13.1 Å². The molecule has 1 rings (SSSR count). The highest BCUT2D eigenvalue weighted by Crippen LogP contribution is 2.09. The normalized spacial score (nSPS) is 10.3. The number of nitrogens with two attached hydrogens (primary N) is 1. The number of benzene rings is 1. The molecule has 0 aliphatic heterocycles. The van der Waals surface area contributed by atoms with Crippen molar-refractivity contribution >= 4 is 5.97 Å². The first-order chi connectivity index (χ1) is 7.74. The summed E-state index contributed by atoms with van der Waals surface area (Å²) in [6.45, 7) is 2.23. The fourth-order valence-electron chi connectivity index (χ4n) is 1.52. The maximum Gasteiger partial charge on any atom is 0.307 e. The molecule has 0 aliphatic carbocycles. The zero-order valence-corrected chi connectivity index (χ0v) is 9.28. The summed E-state index contributed by atoms with van der Waals surface area (Å²) < 4.78 is 0. The molecule has 0 aromatic heterocycles.